The molecule has 0 aromatic heterocycles. The molecule has 0 radical (unpaired) electrons. The highest BCUT2D eigenvalue weighted by atomic mass is 32.2. The van der Waals surface area contributed by atoms with E-state index in [1.807, 2.05) is 0 Å². The average Bonchev–Trinajstić information content (AvgIpc) is 2.63. The molecule has 0 aromatic carbocycles. The first kappa shape index (κ1) is 12.4. The lowest BCUT2D eigenvalue weighted by Gasteiger charge is -2.19. The van der Waals surface area contributed by atoms with Crippen LogP contribution >= 0.6 is 0 Å². The van der Waals surface area contributed by atoms with Crippen molar-refractivity contribution < 1.29 is 8.42 Å². The maximum absolute atomic E-state index is 11.6. The number of nitriles is 1. The van der Waals surface area contributed by atoms with Gasteiger partial charge in [-0.25, -0.2) is 13.1 Å². The first-order chi connectivity index (χ1) is 7.01. The molecule has 1 rings (SSSR count). The topological polar surface area (TPSA) is 96.0 Å². The number of nitrogens with two attached hydrogens (primary N) is 1. The van der Waals surface area contributed by atoms with Gasteiger partial charge in [-0.05, 0) is 32.2 Å². The minimum Gasteiger partial charge on any atom is -0.330 e. The molecular formula is C9H17N3O2S. The van der Waals surface area contributed by atoms with Crippen LogP contribution in [0.5, 0.6) is 0 Å². The van der Waals surface area contributed by atoms with Gasteiger partial charge in [-0.15, -0.1) is 0 Å². The third-order valence-electron chi connectivity index (χ3n) is 2.92. The van der Waals surface area contributed by atoms with Crippen molar-refractivity contribution in [3.63, 3.8) is 0 Å². The molecule has 5 nitrogen and oxygen atoms in total. The summed E-state index contributed by atoms with van der Waals surface area (Å²) in [6, 6.07) is 1.64. The van der Waals surface area contributed by atoms with Gasteiger partial charge in [0, 0.05) is 6.04 Å². The Bertz CT molecular complexity index is 347. The van der Waals surface area contributed by atoms with Crippen molar-refractivity contribution in [2.45, 2.75) is 37.5 Å². The molecule has 1 aliphatic rings. The van der Waals surface area contributed by atoms with Crippen LogP contribution in [0.15, 0.2) is 0 Å². The van der Waals surface area contributed by atoms with E-state index in [4.69, 9.17) is 11.0 Å². The van der Waals surface area contributed by atoms with Gasteiger partial charge in [0.25, 0.3) is 0 Å². The summed E-state index contributed by atoms with van der Waals surface area (Å²) in [6.07, 6.45) is 2.78. The highest BCUT2D eigenvalue weighted by Gasteiger charge is 2.31. The van der Waals surface area contributed by atoms with Gasteiger partial charge in [0.15, 0.2) is 5.25 Å². The molecule has 3 N–H and O–H groups in total. The number of sulfonamides is 1. The fraction of sp³-hybridized carbons (Fsp3) is 0.889. The quantitative estimate of drug-likeness (QED) is 0.708. The Morgan fingerprint density at radius 1 is 1.60 bits per heavy atom. The van der Waals surface area contributed by atoms with E-state index in [-0.39, 0.29) is 12.0 Å². The van der Waals surface area contributed by atoms with Crippen LogP contribution in [-0.4, -0.2) is 26.3 Å². The molecule has 0 aromatic rings. The maximum atomic E-state index is 11.6. The van der Waals surface area contributed by atoms with E-state index in [9.17, 15) is 8.42 Å². The molecule has 3 atom stereocenters. The molecule has 1 fully saturated rings. The standard InChI is InChI=1S/C9H17N3O2S/c1-7(5-10)15(13,14)12-9-4-2-3-8(9)6-11/h7-9,12H,2-4,6,11H2,1H3. The van der Waals surface area contributed by atoms with E-state index < -0.39 is 15.3 Å². The van der Waals surface area contributed by atoms with E-state index in [1.165, 1.54) is 6.92 Å². The monoisotopic (exact) mass is 231 g/mol. The van der Waals surface area contributed by atoms with E-state index in [0.717, 1.165) is 19.3 Å². The summed E-state index contributed by atoms with van der Waals surface area (Å²) in [5.74, 6) is 0.214. The van der Waals surface area contributed by atoms with Gasteiger partial charge < -0.3 is 5.73 Å². The molecule has 15 heavy (non-hydrogen) atoms. The summed E-state index contributed by atoms with van der Waals surface area (Å²) in [5.41, 5.74) is 5.55. The molecule has 0 bridgehead atoms. The van der Waals surface area contributed by atoms with Crippen molar-refractivity contribution in [1.29, 1.82) is 5.26 Å². The summed E-state index contributed by atoms with van der Waals surface area (Å²) in [7, 11) is -3.50. The van der Waals surface area contributed by atoms with E-state index in [1.54, 1.807) is 6.07 Å². The summed E-state index contributed by atoms with van der Waals surface area (Å²) < 4.78 is 25.8. The molecule has 1 saturated carbocycles. The summed E-state index contributed by atoms with van der Waals surface area (Å²) in [5, 5.41) is 7.57. The molecular weight excluding hydrogens is 214 g/mol. The van der Waals surface area contributed by atoms with Crippen LogP contribution < -0.4 is 10.5 Å². The Hall–Kier alpha value is -0.640. The number of nitrogens with zero attached hydrogens (tertiary/aromatic N) is 1. The lowest BCUT2D eigenvalue weighted by Crippen LogP contribution is -2.43. The van der Waals surface area contributed by atoms with E-state index >= 15 is 0 Å². The van der Waals surface area contributed by atoms with Crippen LogP contribution in [0.2, 0.25) is 0 Å². The van der Waals surface area contributed by atoms with Gasteiger partial charge >= 0.3 is 0 Å². The Labute approximate surface area is 90.7 Å². The highest BCUT2D eigenvalue weighted by Crippen LogP contribution is 2.25. The van der Waals surface area contributed by atoms with Crippen LogP contribution in [0.3, 0.4) is 0 Å². The molecule has 0 spiro atoms. The Balaban J connectivity index is 2.66. The second-order valence-corrected chi connectivity index (χ2v) is 6.00. The predicted octanol–water partition coefficient (Wildman–Crippen LogP) is -0.0547. The third kappa shape index (κ3) is 2.91. The predicted molar refractivity (Wildman–Crippen MR) is 57.3 cm³/mol. The second kappa shape index (κ2) is 4.92. The van der Waals surface area contributed by atoms with Gasteiger partial charge in [0.05, 0.1) is 6.07 Å². The van der Waals surface area contributed by atoms with E-state index in [2.05, 4.69) is 4.72 Å². The molecule has 0 saturated heterocycles. The molecule has 1 aliphatic carbocycles. The zero-order chi connectivity index (χ0) is 11.5. The molecule has 0 aliphatic heterocycles. The lowest BCUT2D eigenvalue weighted by molar-refractivity contribution is 0.452. The number of hydrogen-bond acceptors (Lipinski definition) is 4. The smallest absolute Gasteiger partial charge is 0.227 e. The molecule has 6 heteroatoms. The number of rotatable bonds is 4. The summed E-state index contributed by atoms with van der Waals surface area (Å²) in [6.45, 7) is 1.88. The van der Waals surface area contributed by atoms with Crippen LogP contribution in [0, 0.1) is 17.2 Å². The zero-order valence-corrected chi connectivity index (χ0v) is 9.63. The lowest BCUT2D eigenvalue weighted by atomic mass is 10.1. The third-order valence-corrected chi connectivity index (χ3v) is 4.59. The van der Waals surface area contributed by atoms with Gasteiger partial charge in [-0.3, -0.25) is 0 Å². The van der Waals surface area contributed by atoms with E-state index in [0.29, 0.717) is 6.54 Å². The first-order valence-corrected chi connectivity index (χ1v) is 6.66. The minimum absolute atomic E-state index is 0.0872. The summed E-state index contributed by atoms with van der Waals surface area (Å²) >= 11 is 0. The number of nitrogens with one attached hydrogen (secondary N) is 1. The Morgan fingerprint density at radius 2 is 2.27 bits per heavy atom. The molecule has 3 unspecified atom stereocenters. The van der Waals surface area contributed by atoms with Gasteiger partial charge in [0.2, 0.25) is 10.0 Å². The Morgan fingerprint density at radius 3 is 2.80 bits per heavy atom. The van der Waals surface area contributed by atoms with Crippen LogP contribution in [-0.2, 0) is 10.0 Å². The van der Waals surface area contributed by atoms with Crippen molar-refractivity contribution in [1.82, 2.24) is 4.72 Å². The SMILES string of the molecule is CC(C#N)S(=O)(=O)NC1CCCC1CN. The first-order valence-electron chi connectivity index (χ1n) is 5.12. The Kier molecular flexibility index (Phi) is 4.08. The molecule has 0 amide bonds. The van der Waals surface area contributed by atoms with Crippen molar-refractivity contribution >= 4 is 10.0 Å². The largest absolute Gasteiger partial charge is 0.330 e. The van der Waals surface area contributed by atoms with Crippen molar-refractivity contribution in [2.24, 2.45) is 11.7 Å². The fourth-order valence-corrected chi connectivity index (χ4v) is 2.93. The fourth-order valence-electron chi connectivity index (χ4n) is 1.86. The van der Waals surface area contributed by atoms with Gasteiger partial charge in [-0.2, -0.15) is 5.26 Å². The normalized spacial score (nSPS) is 28.6. The van der Waals surface area contributed by atoms with Crippen LogP contribution in [0.4, 0.5) is 0 Å². The second-order valence-electron chi connectivity index (χ2n) is 3.97. The highest BCUT2D eigenvalue weighted by molar-refractivity contribution is 7.90. The van der Waals surface area contributed by atoms with Crippen molar-refractivity contribution in [3.8, 4) is 6.07 Å². The van der Waals surface area contributed by atoms with Gasteiger partial charge in [-0.1, -0.05) is 6.42 Å². The maximum Gasteiger partial charge on any atom is 0.227 e. The van der Waals surface area contributed by atoms with Gasteiger partial charge in [0.1, 0.15) is 0 Å². The molecule has 0 heterocycles. The molecule has 86 valence electrons. The minimum atomic E-state index is -3.50. The zero-order valence-electron chi connectivity index (χ0n) is 8.81. The average molecular weight is 231 g/mol. The van der Waals surface area contributed by atoms with Crippen molar-refractivity contribution in [2.75, 3.05) is 6.54 Å². The number of hydrogen-bond donors (Lipinski definition) is 2. The van der Waals surface area contributed by atoms with Crippen molar-refractivity contribution in [3.05, 3.63) is 0 Å². The van der Waals surface area contributed by atoms with Crippen LogP contribution in [0.25, 0.3) is 0 Å². The van der Waals surface area contributed by atoms with Crippen LogP contribution in [0.1, 0.15) is 26.2 Å². The summed E-state index contributed by atoms with van der Waals surface area (Å²) in [4.78, 5) is 0.